The number of thioether (sulfide) groups is 1. The molecule has 32 heavy (non-hydrogen) atoms. The largest absolute Gasteiger partial charge is 0.481 e. The Balaban J connectivity index is 1.74. The van der Waals surface area contributed by atoms with Crippen molar-refractivity contribution in [2.24, 2.45) is 5.92 Å². The number of likely N-dealkylation sites (tertiary alicyclic amines) is 1. The minimum absolute atomic E-state index is 0.0644. The number of aliphatic carboxylic acids is 1. The molecule has 180 valence electrons. The average molecular weight is 472 g/mol. The van der Waals surface area contributed by atoms with Crippen LogP contribution in [0.25, 0.3) is 0 Å². The summed E-state index contributed by atoms with van der Waals surface area (Å²) in [4.78, 5) is 23.9. The Hall–Kier alpha value is -1.67. The second-order valence-electron chi connectivity index (χ2n) is 8.67. The van der Waals surface area contributed by atoms with E-state index in [0.717, 1.165) is 19.3 Å². The van der Waals surface area contributed by atoms with Gasteiger partial charge in [0.1, 0.15) is 0 Å². The molecule has 1 aromatic rings. The molecule has 1 amide bonds. The summed E-state index contributed by atoms with van der Waals surface area (Å²) in [7, 11) is 0. The molecular formula is C24H35F2NO4S. The summed E-state index contributed by atoms with van der Waals surface area (Å²) >= 11 is 1.47. The van der Waals surface area contributed by atoms with Gasteiger partial charge in [-0.2, -0.15) is 20.5 Å². The number of benzene rings is 1. The first-order chi connectivity index (χ1) is 15.2. The molecule has 1 aliphatic heterocycles. The molecule has 1 fully saturated rings. The van der Waals surface area contributed by atoms with Crippen LogP contribution >= 0.6 is 11.8 Å². The van der Waals surface area contributed by atoms with Gasteiger partial charge in [-0.1, -0.05) is 37.3 Å². The van der Waals surface area contributed by atoms with Gasteiger partial charge in [-0.15, -0.1) is 0 Å². The average Bonchev–Trinajstić information content (AvgIpc) is 2.97. The molecule has 8 heteroatoms. The van der Waals surface area contributed by atoms with Crippen LogP contribution in [0.1, 0.15) is 57.4 Å². The number of carbonyl (C=O) groups is 2. The van der Waals surface area contributed by atoms with E-state index in [1.54, 1.807) is 0 Å². The molecule has 1 aliphatic rings. The Kier molecular flexibility index (Phi) is 10.9. The van der Waals surface area contributed by atoms with Crippen LogP contribution in [0.2, 0.25) is 0 Å². The number of carboxylic acid groups (broad SMARTS) is 1. The summed E-state index contributed by atoms with van der Waals surface area (Å²) in [5, 5.41) is 19.2. The Morgan fingerprint density at radius 3 is 2.62 bits per heavy atom. The Morgan fingerprint density at radius 1 is 1.22 bits per heavy atom. The standard InChI is InChI=1S/C24H35F2NO4S/c1-18(7-5-10-19-8-3-2-4-9-19)21(28)13-12-20-17-24(25,26)23(31)27(20)14-16-32-15-6-11-22(29)30/h2-4,8-9,18,20-21,28H,5-7,10-17H2,1H3,(H,29,30)/t18?,20-,21?/m0/s1. The maximum absolute atomic E-state index is 14.0. The first kappa shape index (κ1) is 26.6. The summed E-state index contributed by atoms with van der Waals surface area (Å²) in [5.74, 6) is -4.14. The smallest absolute Gasteiger partial charge is 0.326 e. The van der Waals surface area contributed by atoms with Crippen molar-refractivity contribution in [3.63, 3.8) is 0 Å². The van der Waals surface area contributed by atoms with Crippen molar-refractivity contribution in [2.75, 3.05) is 18.1 Å². The zero-order chi connectivity index (χ0) is 23.6. The molecule has 0 radical (unpaired) electrons. The van der Waals surface area contributed by atoms with Crippen molar-refractivity contribution in [3.05, 3.63) is 35.9 Å². The summed E-state index contributed by atoms with van der Waals surface area (Å²) in [6, 6.07) is 9.59. The SMILES string of the molecule is CC(CCCc1ccccc1)C(O)CC[C@H]1CC(F)(F)C(=O)N1CCSCCCC(=O)O. The molecule has 0 saturated carbocycles. The highest BCUT2D eigenvalue weighted by Crippen LogP contribution is 2.36. The quantitative estimate of drug-likeness (QED) is 0.365. The van der Waals surface area contributed by atoms with Crippen molar-refractivity contribution in [1.29, 1.82) is 0 Å². The lowest BCUT2D eigenvalue weighted by Gasteiger charge is -2.26. The number of nitrogens with zero attached hydrogens (tertiary/aromatic N) is 1. The van der Waals surface area contributed by atoms with Gasteiger partial charge < -0.3 is 15.1 Å². The third-order valence-electron chi connectivity index (χ3n) is 6.08. The Morgan fingerprint density at radius 2 is 1.94 bits per heavy atom. The van der Waals surface area contributed by atoms with E-state index in [1.807, 2.05) is 25.1 Å². The molecule has 2 N–H and O–H groups in total. The molecule has 0 spiro atoms. The molecule has 1 heterocycles. The van der Waals surface area contributed by atoms with Crippen molar-refractivity contribution in [3.8, 4) is 0 Å². The number of hydrogen-bond donors (Lipinski definition) is 2. The molecule has 2 unspecified atom stereocenters. The van der Waals surface area contributed by atoms with Crippen LogP contribution in [0.4, 0.5) is 8.78 Å². The van der Waals surface area contributed by atoms with Crippen LogP contribution in [-0.4, -0.2) is 63.1 Å². The molecule has 5 nitrogen and oxygen atoms in total. The number of aliphatic hydroxyl groups is 1. The van der Waals surface area contributed by atoms with E-state index in [0.29, 0.717) is 30.8 Å². The minimum Gasteiger partial charge on any atom is -0.481 e. The lowest BCUT2D eigenvalue weighted by molar-refractivity contribution is -0.148. The van der Waals surface area contributed by atoms with E-state index in [2.05, 4.69) is 12.1 Å². The fourth-order valence-corrected chi connectivity index (χ4v) is 4.99. The van der Waals surface area contributed by atoms with E-state index < -0.39 is 36.4 Å². The second-order valence-corrected chi connectivity index (χ2v) is 9.90. The van der Waals surface area contributed by atoms with Gasteiger partial charge in [0.25, 0.3) is 5.91 Å². The van der Waals surface area contributed by atoms with Gasteiger partial charge in [0.05, 0.1) is 6.10 Å². The molecule has 0 aromatic heterocycles. The maximum Gasteiger partial charge on any atom is 0.326 e. The number of carbonyl (C=O) groups excluding carboxylic acids is 1. The second kappa shape index (κ2) is 13.1. The highest BCUT2D eigenvalue weighted by atomic mass is 32.2. The van der Waals surface area contributed by atoms with Crippen LogP contribution in [-0.2, 0) is 16.0 Å². The lowest BCUT2D eigenvalue weighted by atomic mass is 9.92. The van der Waals surface area contributed by atoms with Gasteiger partial charge >= 0.3 is 11.9 Å². The number of rotatable bonds is 15. The monoisotopic (exact) mass is 471 g/mol. The fourth-order valence-electron chi connectivity index (χ4n) is 4.11. The van der Waals surface area contributed by atoms with Crippen molar-refractivity contribution >= 4 is 23.6 Å². The number of amides is 1. The van der Waals surface area contributed by atoms with Crippen molar-refractivity contribution in [2.45, 2.75) is 76.4 Å². The maximum atomic E-state index is 14.0. The van der Waals surface area contributed by atoms with Gasteiger partial charge in [-0.25, -0.2) is 0 Å². The Labute approximate surface area is 193 Å². The summed E-state index contributed by atoms with van der Waals surface area (Å²) < 4.78 is 28.1. The highest BCUT2D eigenvalue weighted by Gasteiger charge is 2.52. The van der Waals surface area contributed by atoms with Gasteiger partial charge in [0.2, 0.25) is 0 Å². The van der Waals surface area contributed by atoms with E-state index in [4.69, 9.17) is 5.11 Å². The first-order valence-electron chi connectivity index (χ1n) is 11.4. The number of hydrogen-bond acceptors (Lipinski definition) is 4. The zero-order valence-electron chi connectivity index (χ0n) is 18.7. The summed E-state index contributed by atoms with van der Waals surface area (Å²) in [6.07, 6.45) is 3.02. The lowest BCUT2D eigenvalue weighted by Crippen LogP contribution is -2.38. The number of halogens is 2. The minimum atomic E-state index is -3.34. The van der Waals surface area contributed by atoms with Crippen molar-refractivity contribution in [1.82, 2.24) is 4.90 Å². The third-order valence-corrected chi connectivity index (χ3v) is 7.13. The molecule has 2 rings (SSSR count). The molecule has 0 bridgehead atoms. The highest BCUT2D eigenvalue weighted by molar-refractivity contribution is 7.99. The molecule has 0 aliphatic carbocycles. The van der Waals surface area contributed by atoms with Crippen LogP contribution in [0, 0.1) is 5.92 Å². The summed E-state index contributed by atoms with van der Waals surface area (Å²) in [5.41, 5.74) is 1.26. The van der Waals surface area contributed by atoms with Crippen LogP contribution in [0.15, 0.2) is 30.3 Å². The molecule has 1 saturated heterocycles. The number of carboxylic acids is 1. The van der Waals surface area contributed by atoms with Crippen molar-refractivity contribution < 1.29 is 28.6 Å². The first-order valence-corrected chi connectivity index (χ1v) is 12.6. The summed E-state index contributed by atoms with van der Waals surface area (Å²) in [6.45, 7) is 2.20. The predicted molar refractivity (Wildman–Crippen MR) is 123 cm³/mol. The van der Waals surface area contributed by atoms with Gasteiger partial charge in [0, 0.05) is 31.2 Å². The predicted octanol–water partition coefficient (Wildman–Crippen LogP) is 4.62. The molecule has 3 atom stereocenters. The van der Waals surface area contributed by atoms with Crippen LogP contribution < -0.4 is 0 Å². The fraction of sp³-hybridized carbons (Fsp3) is 0.667. The van der Waals surface area contributed by atoms with E-state index in [-0.39, 0.29) is 18.9 Å². The van der Waals surface area contributed by atoms with E-state index >= 15 is 0 Å². The molecule has 1 aromatic carbocycles. The van der Waals surface area contributed by atoms with Gasteiger partial charge in [-0.3, -0.25) is 9.59 Å². The van der Waals surface area contributed by atoms with E-state index in [9.17, 15) is 23.5 Å². The third kappa shape index (κ3) is 8.70. The van der Waals surface area contributed by atoms with Gasteiger partial charge in [0.15, 0.2) is 0 Å². The van der Waals surface area contributed by atoms with Crippen LogP contribution in [0.5, 0.6) is 0 Å². The van der Waals surface area contributed by atoms with Gasteiger partial charge in [-0.05, 0) is 55.8 Å². The number of aliphatic hydroxyl groups excluding tert-OH is 1. The normalized spacial score (nSPS) is 19.8. The van der Waals surface area contributed by atoms with E-state index in [1.165, 1.54) is 22.2 Å². The number of aryl methyl sites for hydroxylation is 1. The Bertz CT molecular complexity index is 719. The number of alkyl halides is 2. The molecular weight excluding hydrogens is 436 g/mol. The topological polar surface area (TPSA) is 77.8 Å². The zero-order valence-corrected chi connectivity index (χ0v) is 19.5. The van der Waals surface area contributed by atoms with Crippen LogP contribution in [0.3, 0.4) is 0 Å².